The van der Waals surface area contributed by atoms with E-state index in [2.05, 4.69) is 0 Å². The Balaban J connectivity index is 2.35. The number of hydrogen-bond donors (Lipinski definition) is 16. The van der Waals surface area contributed by atoms with Crippen molar-refractivity contribution in [2.75, 3.05) is 19.8 Å². The lowest BCUT2D eigenvalue weighted by atomic mass is 9.62. The Morgan fingerprint density at radius 3 is 1.36 bits per heavy atom. The zero-order valence-corrected chi connectivity index (χ0v) is 23.2. The van der Waals surface area contributed by atoms with E-state index in [1.165, 1.54) is 0 Å². The van der Waals surface area contributed by atoms with E-state index in [9.17, 15) is 86.5 Å². The van der Waals surface area contributed by atoms with Crippen molar-refractivity contribution in [3.63, 3.8) is 0 Å². The van der Waals surface area contributed by atoms with Crippen molar-refractivity contribution in [1.29, 1.82) is 0 Å². The molecule has 3 aliphatic heterocycles. The molecule has 3 fully saturated rings. The first kappa shape index (κ1) is 37.4. The Morgan fingerprint density at radius 1 is 0.591 bits per heavy atom. The molecule has 3 aliphatic rings. The van der Waals surface area contributed by atoms with E-state index in [1.807, 2.05) is 0 Å². The summed E-state index contributed by atoms with van der Waals surface area (Å²) in [5.41, 5.74) is -8.17. The lowest BCUT2D eigenvalue weighted by Gasteiger charge is -2.58. The Kier molecular flexibility index (Phi) is 11.8. The molecule has 3 rings (SSSR count). The highest BCUT2D eigenvalue weighted by Crippen LogP contribution is 2.46. The molecule has 44 heavy (non-hydrogen) atoms. The van der Waals surface area contributed by atoms with Gasteiger partial charge in [0.25, 0.3) is 0 Å². The van der Waals surface area contributed by atoms with Gasteiger partial charge in [0.1, 0.15) is 97.7 Å². The van der Waals surface area contributed by atoms with Crippen LogP contribution in [0, 0.1) is 0 Å². The van der Waals surface area contributed by atoms with Crippen LogP contribution in [0.25, 0.3) is 0 Å². The minimum absolute atomic E-state index is 0.783. The van der Waals surface area contributed by atoms with E-state index in [-0.39, 0.29) is 0 Å². The van der Waals surface area contributed by atoms with E-state index < -0.39 is 141 Å². The molecule has 258 valence electrons. The van der Waals surface area contributed by atoms with Crippen LogP contribution in [0.1, 0.15) is 6.92 Å². The summed E-state index contributed by atoms with van der Waals surface area (Å²) in [6.45, 7) is -2.66. The quantitative estimate of drug-likeness (QED) is 0.104. The molecule has 0 aromatic carbocycles. The zero-order chi connectivity index (χ0) is 33.6. The van der Waals surface area contributed by atoms with Crippen molar-refractivity contribution in [3.05, 3.63) is 0 Å². The maximum Gasteiger partial charge on any atom is 0.201 e. The van der Waals surface area contributed by atoms with Crippen molar-refractivity contribution in [2.24, 2.45) is 0 Å². The van der Waals surface area contributed by atoms with Gasteiger partial charge < -0.3 is 95.9 Å². The van der Waals surface area contributed by atoms with Crippen LogP contribution in [-0.2, 0) is 19.0 Å². The zero-order valence-electron chi connectivity index (χ0n) is 23.2. The topological polar surface area (TPSA) is 368 Å². The van der Waals surface area contributed by atoms with Crippen molar-refractivity contribution in [3.8, 4) is 0 Å². The first-order chi connectivity index (χ1) is 20.4. The summed E-state index contributed by atoms with van der Waals surface area (Å²) in [5.74, 6) is -2.09. The van der Waals surface area contributed by atoms with E-state index >= 15 is 0 Å². The molecule has 0 radical (unpaired) electrons. The Morgan fingerprint density at radius 2 is 0.955 bits per heavy atom. The van der Waals surface area contributed by atoms with E-state index in [0.29, 0.717) is 0 Å². The SMILES string of the molecule is C[C@H](O)[C@H](O)[C@](O)(C1O[C@H](CO)[C@@H](O)[C@H](O)[C@H]1O)[C@@](O)(C(=O)C1O[C@H](CO)[C@@H](O)[C@H](O)[C@@H]1O)C1O[C@H](CO)[C@H](O)[C@H](O)[C@H]1O. The summed E-state index contributed by atoms with van der Waals surface area (Å²) in [4.78, 5) is 14.3. The molecule has 16 N–H and O–H groups in total. The van der Waals surface area contributed by atoms with Gasteiger partial charge in [0, 0.05) is 0 Å². The van der Waals surface area contributed by atoms with Crippen LogP contribution in [0.15, 0.2) is 0 Å². The summed E-state index contributed by atoms with van der Waals surface area (Å²) in [6.07, 6.45) is -40.1. The lowest BCUT2D eigenvalue weighted by Crippen LogP contribution is -2.85. The van der Waals surface area contributed by atoms with Crippen molar-refractivity contribution >= 4 is 5.78 Å². The second kappa shape index (κ2) is 13.9. The highest BCUT2D eigenvalue weighted by atomic mass is 16.6. The summed E-state index contributed by atoms with van der Waals surface area (Å²) in [6, 6.07) is 0. The number of aliphatic hydroxyl groups is 16. The smallest absolute Gasteiger partial charge is 0.201 e. The molecule has 0 aromatic rings. The average Bonchev–Trinajstić information content (AvgIpc) is 3.00. The first-order valence-corrected chi connectivity index (χ1v) is 13.6. The largest absolute Gasteiger partial charge is 0.394 e. The van der Waals surface area contributed by atoms with Crippen LogP contribution in [0.5, 0.6) is 0 Å². The van der Waals surface area contributed by atoms with Gasteiger partial charge in [-0.3, -0.25) is 4.79 Å². The number of rotatable bonds is 10. The Hall–Kier alpha value is -1.09. The predicted octanol–water partition coefficient (Wildman–Crippen LogP) is -10.7. The second-order valence-electron chi connectivity index (χ2n) is 11.4. The minimum Gasteiger partial charge on any atom is -0.394 e. The molecular formula is C24H42O20. The molecule has 3 unspecified atom stereocenters. The van der Waals surface area contributed by atoms with Crippen LogP contribution in [0.4, 0.5) is 0 Å². The van der Waals surface area contributed by atoms with E-state index in [0.717, 1.165) is 6.92 Å². The van der Waals surface area contributed by atoms with E-state index in [4.69, 9.17) is 14.2 Å². The minimum atomic E-state index is -4.17. The number of hydrogen-bond acceptors (Lipinski definition) is 20. The van der Waals surface area contributed by atoms with Gasteiger partial charge in [-0.15, -0.1) is 0 Å². The molecule has 3 saturated heterocycles. The van der Waals surface area contributed by atoms with Crippen LogP contribution >= 0.6 is 0 Å². The van der Waals surface area contributed by atoms with Crippen LogP contribution in [-0.4, -0.2) is 222 Å². The van der Waals surface area contributed by atoms with Gasteiger partial charge in [-0.1, -0.05) is 0 Å². The fraction of sp³-hybridized carbons (Fsp3) is 0.958. The fourth-order valence-electron chi connectivity index (χ4n) is 5.99. The third-order valence-corrected chi connectivity index (χ3v) is 8.67. The molecule has 0 aromatic heterocycles. The molecule has 19 atom stereocenters. The predicted molar refractivity (Wildman–Crippen MR) is 134 cm³/mol. The lowest BCUT2D eigenvalue weighted by molar-refractivity contribution is -0.355. The number of carbonyl (C=O) groups excluding carboxylic acids is 1. The number of ketones is 1. The summed E-state index contributed by atoms with van der Waals surface area (Å²) in [5, 5.41) is 170. The molecule has 0 amide bonds. The maximum atomic E-state index is 14.3. The third-order valence-electron chi connectivity index (χ3n) is 8.67. The van der Waals surface area contributed by atoms with Gasteiger partial charge in [0.2, 0.25) is 5.78 Å². The first-order valence-electron chi connectivity index (χ1n) is 13.6. The normalized spacial score (nSPS) is 47.7. The van der Waals surface area contributed by atoms with Gasteiger partial charge in [0.15, 0.2) is 11.2 Å². The Bertz CT molecular complexity index is 966. The van der Waals surface area contributed by atoms with Crippen LogP contribution in [0.3, 0.4) is 0 Å². The average molecular weight is 651 g/mol. The van der Waals surface area contributed by atoms with Crippen molar-refractivity contribution in [1.82, 2.24) is 0 Å². The Labute approximate surface area is 248 Å². The molecule has 20 nitrogen and oxygen atoms in total. The fourth-order valence-corrected chi connectivity index (χ4v) is 5.99. The maximum absolute atomic E-state index is 14.3. The van der Waals surface area contributed by atoms with Gasteiger partial charge in [0.05, 0.1) is 25.9 Å². The number of carbonyl (C=O) groups is 1. The summed E-state index contributed by atoms with van der Waals surface area (Å²) < 4.78 is 15.8. The summed E-state index contributed by atoms with van der Waals surface area (Å²) in [7, 11) is 0. The van der Waals surface area contributed by atoms with Crippen LogP contribution < -0.4 is 0 Å². The summed E-state index contributed by atoms with van der Waals surface area (Å²) >= 11 is 0. The molecule has 0 bridgehead atoms. The number of Topliss-reactive ketones (excluding diaryl/α,β-unsaturated/α-hetero) is 1. The van der Waals surface area contributed by atoms with Gasteiger partial charge in [-0.2, -0.15) is 0 Å². The monoisotopic (exact) mass is 650 g/mol. The molecule has 0 aliphatic carbocycles. The molecule has 0 saturated carbocycles. The highest BCUT2D eigenvalue weighted by Gasteiger charge is 2.74. The van der Waals surface area contributed by atoms with Gasteiger partial charge >= 0.3 is 0 Å². The third kappa shape index (κ3) is 5.81. The highest BCUT2D eigenvalue weighted by molar-refractivity contribution is 5.94. The number of ether oxygens (including phenoxy) is 3. The van der Waals surface area contributed by atoms with Crippen molar-refractivity contribution < 1.29 is 101 Å². The van der Waals surface area contributed by atoms with Crippen molar-refractivity contribution in [2.45, 2.75) is 122 Å². The molecule has 0 spiro atoms. The van der Waals surface area contributed by atoms with Gasteiger partial charge in [-0.05, 0) is 6.92 Å². The van der Waals surface area contributed by atoms with Gasteiger partial charge in [-0.25, -0.2) is 0 Å². The van der Waals surface area contributed by atoms with Crippen LogP contribution in [0.2, 0.25) is 0 Å². The standard InChI is InChI=1S/C24H42O20/c1-5(28)19(38)23(40,21-16(36)13(33)10(30)7(3-26)43-21)24(41,22-17(37)14(34)11(31)8(4-27)44-22)20(39)18-15(35)12(32)9(29)6(2-25)42-18/h5-19,21-22,25-38,40-41H,2-4H2,1H3/t5-,6+,7+,8+,9+,10+,11-,12-,13-,14-,15-,16+,17+,18?,19-,21?,22?,23-,24+/m0/s1. The van der Waals surface area contributed by atoms with E-state index in [1.54, 1.807) is 0 Å². The molecule has 20 heteroatoms. The molecular weight excluding hydrogens is 608 g/mol. The number of aliphatic hydroxyl groups excluding tert-OH is 14. The second-order valence-corrected chi connectivity index (χ2v) is 11.4. The molecule has 3 heterocycles.